The first kappa shape index (κ1) is 14.3. The van der Waals surface area contributed by atoms with Crippen LogP contribution < -0.4 is 10.6 Å². The topological polar surface area (TPSA) is 70.6 Å². The number of rotatable bonds is 4. The third-order valence-corrected chi connectivity index (χ3v) is 2.61. The van der Waals surface area contributed by atoms with Crippen molar-refractivity contribution in [2.45, 2.75) is 45.8 Å². The van der Waals surface area contributed by atoms with Crippen molar-refractivity contribution < 1.29 is 14.6 Å². The summed E-state index contributed by atoms with van der Waals surface area (Å²) in [4.78, 5) is 11.5. The number of carbonyl (C=O) groups is 1. The summed E-state index contributed by atoms with van der Waals surface area (Å²) in [6.45, 7) is 7.76. The van der Waals surface area contributed by atoms with Crippen LogP contribution in [0.25, 0.3) is 0 Å². The largest absolute Gasteiger partial charge is 0.391 e. The highest BCUT2D eigenvalue weighted by Crippen LogP contribution is 2.20. The molecule has 0 saturated carbocycles. The summed E-state index contributed by atoms with van der Waals surface area (Å²) in [6, 6.07) is -0.122. The number of carbonyl (C=O) groups excluding carboxylic acids is 1. The number of aliphatic hydroxyl groups excluding tert-OH is 1. The van der Waals surface area contributed by atoms with Crippen LogP contribution in [0.5, 0.6) is 0 Å². The van der Waals surface area contributed by atoms with Crippen LogP contribution in [0, 0.1) is 5.41 Å². The molecular formula is C12H24N2O3. The average molecular weight is 244 g/mol. The Morgan fingerprint density at radius 2 is 2.24 bits per heavy atom. The SMILES string of the molecule is CC(C)(C)CC(O)CNC(=O)NC1CCOC1. The molecule has 0 radical (unpaired) electrons. The quantitative estimate of drug-likeness (QED) is 0.687. The van der Waals surface area contributed by atoms with Crippen LogP contribution in [0.3, 0.4) is 0 Å². The van der Waals surface area contributed by atoms with E-state index in [1.165, 1.54) is 0 Å². The monoisotopic (exact) mass is 244 g/mol. The molecule has 1 saturated heterocycles. The summed E-state index contributed by atoms with van der Waals surface area (Å²) in [5, 5.41) is 15.2. The third-order valence-electron chi connectivity index (χ3n) is 2.61. The number of amides is 2. The van der Waals surface area contributed by atoms with Crippen LogP contribution in [0.1, 0.15) is 33.6 Å². The van der Waals surface area contributed by atoms with Gasteiger partial charge in [-0.1, -0.05) is 20.8 Å². The average Bonchev–Trinajstić information content (AvgIpc) is 2.64. The van der Waals surface area contributed by atoms with Gasteiger partial charge in [0.25, 0.3) is 0 Å². The van der Waals surface area contributed by atoms with Crippen molar-refractivity contribution in [1.82, 2.24) is 10.6 Å². The van der Waals surface area contributed by atoms with Gasteiger partial charge in [-0.2, -0.15) is 0 Å². The van der Waals surface area contributed by atoms with Crippen molar-refractivity contribution in [2.24, 2.45) is 5.41 Å². The molecule has 2 unspecified atom stereocenters. The lowest BCUT2D eigenvalue weighted by Gasteiger charge is -2.22. The molecule has 0 aliphatic carbocycles. The molecule has 1 rings (SSSR count). The molecule has 0 spiro atoms. The van der Waals surface area contributed by atoms with E-state index in [-0.39, 0.29) is 24.0 Å². The maximum absolute atomic E-state index is 11.5. The van der Waals surface area contributed by atoms with E-state index in [0.717, 1.165) is 6.42 Å². The highest BCUT2D eigenvalue weighted by Gasteiger charge is 2.19. The highest BCUT2D eigenvalue weighted by molar-refractivity contribution is 5.74. The molecule has 5 heteroatoms. The summed E-state index contributed by atoms with van der Waals surface area (Å²) < 4.78 is 5.16. The molecule has 1 heterocycles. The lowest BCUT2D eigenvalue weighted by Crippen LogP contribution is -2.45. The Morgan fingerprint density at radius 1 is 1.53 bits per heavy atom. The summed E-state index contributed by atoms with van der Waals surface area (Å²) in [7, 11) is 0. The number of nitrogens with one attached hydrogen (secondary N) is 2. The fraction of sp³-hybridized carbons (Fsp3) is 0.917. The lowest BCUT2D eigenvalue weighted by atomic mass is 9.89. The zero-order valence-electron chi connectivity index (χ0n) is 11.0. The predicted octanol–water partition coefficient (Wildman–Crippen LogP) is 0.872. The van der Waals surface area contributed by atoms with Crippen molar-refractivity contribution in [3.63, 3.8) is 0 Å². The molecule has 100 valence electrons. The number of urea groups is 1. The molecule has 0 aromatic carbocycles. The van der Waals surface area contributed by atoms with Gasteiger partial charge in [-0.25, -0.2) is 4.79 Å². The fourth-order valence-corrected chi connectivity index (χ4v) is 1.87. The first-order valence-electron chi connectivity index (χ1n) is 6.17. The maximum Gasteiger partial charge on any atom is 0.315 e. The Labute approximate surface area is 103 Å². The van der Waals surface area contributed by atoms with Crippen molar-refractivity contribution in [1.29, 1.82) is 0 Å². The molecule has 3 N–H and O–H groups in total. The predicted molar refractivity (Wildman–Crippen MR) is 65.8 cm³/mol. The van der Waals surface area contributed by atoms with E-state index in [4.69, 9.17) is 4.74 Å². The standard InChI is InChI=1S/C12H24N2O3/c1-12(2,3)6-10(15)7-13-11(16)14-9-4-5-17-8-9/h9-10,15H,4-8H2,1-3H3,(H2,13,14,16). The smallest absolute Gasteiger partial charge is 0.315 e. The van der Waals surface area contributed by atoms with Crippen molar-refractivity contribution >= 4 is 6.03 Å². The minimum absolute atomic E-state index is 0.0663. The molecule has 0 aromatic rings. The summed E-state index contributed by atoms with van der Waals surface area (Å²) in [5.74, 6) is 0. The van der Waals surface area contributed by atoms with Gasteiger partial charge in [-0.15, -0.1) is 0 Å². The number of aliphatic hydroxyl groups is 1. The fourth-order valence-electron chi connectivity index (χ4n) is 1.87. The first-order chi connectivity index (χ1) is 7.87. The van der Waals surface area contributed by atoms with Crippen molar-refractivity contribution in [2.75, 3.05) is 19.8 Å². The molecule has 2 atom stereocenters. The van der Waals surface area contributed by atoms with Gasteiger partial charge in [0.15, 0.2) is 0 Å². The maximum atomic E-state index is 11.5. The molecule has 17 heavy (non-hydrogen) atoms. The highest BCUT2D eigenvalue weighted by atomic mass is 16.5. The Bertz CT molecular complexity index is 245. The van der Waals surface area contributed by atoms with Gasteiger partial charge < -0.3 is 20.5 Å². The normalized spacial score (nSPS) is 22.2. The minimum Gasteiger partial charge on any atom is -0.391 e. The van der Waals surface area contributed by atoms with Gasteiger partial charge in [0.05, 0.1) is 18.8 Å². The molecule has 1 aliphatic heterocycles. The van der Waals surface area contributed by atoms with E-state index >= 15 is 0 Å². The van der Waals surface area contributed by atoms with Crippen LogP contribution in [-0.4, -0.2) is 43.0 Å². The molecule has 0 aromatic heterocycles. The van der Waals surface area contributed by atoms with Crippen molar-refractivity contribution in [3.05, 3.63) is 0 Å². The van der Waals surface area contributed by atoms with E-state index in [1.807, 2.05) is 0 Å². The summed E-state index contributed by atoms with van der Waals surface area (Å²) in [5.41, 5.74) is 0.0663. The van der Waals surface area contributed by atoms with E-state index in [9.17, 15) is 9.90 Å². The van der Waals surface area contributed by atoms with E-state index in [1.54, 1.807) is 0 Å². The van der Waals surface area contributed by atoms with Gasteiger partial charge >= 0.3 is 6.03 Å². The second kappa shape index (κ2) is 6.21. The molecule has 2 amide bonds. The molecular weight excluding hydrogens is 220 g/mol. The summed E-state index contributed by atoms with van der Waals surface area (Å²) in [6.07, 6.45) is 1.03. The zero-order chi connectivity index (χ0) is 12.9. The van der Waals surface area contributed by atoms with E-state index < -0.39 is 6.10 Å². The number of hydrogen-bond donors (Lipinski definition) is 3. The second-order valence-electron chi connectivity index (χ2n) is 5.83. The first-order valence-corrected chi connectivity index (χ1v) is 6.17. The van der Waals surface area contributed by atoms with Crippen LogP contribution in [-0.2, 0) is 4.74 Å². The Balaban J connectivity index is 2.14. The molecule has 0 bridgehead atoms. The minimum atomic E-state index is -0.499. The molecule has 5 nitrogen and oxygen atoms in total. The summed E-state index contributed by atoms with van der Waals surface area (Å²) >= 11 is 0. The van der Waals surface area contributed by atoms with Gasteiger partial charge in [0, 0.05) is 13.2 Å². The van der Waals surface area contributed by atoms with E-state index in [2.05, 4.69) is 31.4 Å². The number of hydrogen-bond acceptors (Lipinski definition) is 3. The van der Waals surface area contributed by atoms with Crippen LogP contribution in [0.4, 0.5) is 4.79 Å². The van der Waals surface area contributed by atoms with Crippen molar-refractivity contribution in [3.8, 4) is 0 Å². The van der Waals surface area contributed by atoms with Gasteiger partial charge in [-0.05, 0) is 18.3 Å². The molecule has 1 aliphatic rings. The number of ether oxygens (including phenoxy) is 1. The van der Waals surface area contributed by atoms with E-state index in [0.29, 0.717) is 19.6 Å². The van der Waals surface area contributed by atoms with Crippen LogP contribution in [0.15, 0.2) is 0 Å². The Morgan fingerprint density at radius 3 is 2.76 bits per heavy atom. The third kappa shape index (κ3) is 6.48. The van der Waals surface area contributed by atoms with Gasteiger partial charge in [-0.3, -0.25) is 0 Å². The van der Waals surface area contributed by atoms with Gasteiger partial charge in [0.2, 0.25) is 0 Å². The Kier molecular flexibility index (Phi) is 5.21. The zero-order valence-corrected chi connectivity index (χ0v) is 11.0. The van der Waals surface area contributed by atoms with Crippen LogP contribution in [0.2, 0.25) is 0 Å². The van der Waals surface area contributed by atoms with Gasteiger partial charge in [0.1, 0.15) is 0 Å². The lowest BCUT2D eigenvalue weighted by molar-refractivity contribution is 0.120. The molecule has 1 fully saturated rings. The Hall–Kier alpha value is -0.810. The van der Waals surface area contributed by atoms with Crippen LogP contribution >= 0.6 is 0 Å². The second-order valence-corrected chi connectivity index (χ2v) is 5.83.